The van der Waals surface area contributed by atoms with Crippen LogP contribution in [0.25, 0.3) is 98.0 Å². The monoisotopic (exact) mass is 787 g/mol. The van der Waals surface area contributed by atoms with Gasteiger partial charge >= 0.3 is 0 Å². The van der Waals surface area contributed by atoms with Gasteiger partial charge in [-0.25, -0.2) is 0 Å². The van der Waals surface area contributed by atoms with Crippen LogP contribution in [-0.2, 0) is 5.41 Å². The van der Waals surface area contributed by atoms with E-state index in [0.29, 0.717) is 0 Å². The van der Waals surface area contributed by atoms with Crippen LogP contribution in [0.5, 0.6) is 0 Å². The average molecular weight is 788 g/mol. The summed E-state index contributed by atoms with van der Waals surface area (Å²) in [4.78, 5) is 2.51. The Labute approximate surface area is 361 Å². The standard InChI is InChI=1S/C61H41N/c1-61(2)54-23-7-6-17-47(54)48-35-34-46(37-55(48)61)62(45-32-30-41(31-33-45)40-26-24-39(25-27-40)38-12-4-3-5-13-38)56-36-44-16-10-20-50-49-18-8-14-42-28-29-43-15-9-19-51(58(43)57(42)49)52-21-11-22-53(56)60(52)59(44)50/h3-37H,1-2H3. The maximum atomic E-state index is 2.51. The van der Waals surface area contributed by atoms with Crippen molar-refractivity contribution >= 4 is 81.7 Å². The molecule has 0 atom stereocenters. The normalized spacial score (nSPS) is 13.1. The Morgan fingerprint density at radius 3 is 1.42 bits per heavy atom. The highest BCUT2D eigenvalue weighted by molar-refractivity contribution is 6.38. The SMILES string of the molecule is CC1(C)c2ccccc2-c2ccc(N(c3ccc(-c4ccc(-c5ccccc5)cc4)cc3)c3cc4cccc5c6cccc7ccc8cccc(c9cccc3c9c45)c8c76)cc21. The molecule has 13 rings (SSSR count). The van der Waals surface area contributed by atoms with Gasteiger partial charge in [-0.1, -0.05) is 196 Å². The van der Waals surface area contributed by atoms with Crippen molar-refractivity contribution in [2.24, 2.45) is 0 Å². The molecule has 0 heterocycles. The Kier molecular flexibility index (Phi) is 7.42. The van der Waals surface area contributed by atoms with E-state index in [-0.39, 0.29) is 5.41 Å². The van der Waals surface area contributed by atoms with Crippen LogP contribution in [-0.4, -0.2) is 0 Å². The number of nitrogens with zero attached hydrogens (tertiary/aromatic N) is 1. The first-order chi connectivity index (χ1) is 30.5. The summed E-state index contributed by atoms with van der Waals surface area (Å²) in [7, 11) is 0. The molecule has 0 N–H and O–H groups in total. The predicted octanol–water partition coefficient (Wildman–Crippen LogP) is 17.2. The summed E-state index contributed by atoms with van der Waals surface area (Å²) in [5.41, 5.74) is 13.5. The lowest BCUT2D eigenvalue weighted by Gasteiger charge is -2.30. The molecule has 0 unspecified atom stereocenters. The van der Waals surface area contributed by atoms with Crippen LogP contribution in [0, 0.1) is 0 Å². The van der Waals surface area contributed by atoms with Crippen LogP contribution in [0.1, 0.15) is 25.0 Å². The summed E-state index contributed by atoms with van der Waals surface area (Å²) in [6.07, 6.45) is 0. The first-order valence-electron chi connectivity index (χ1n) is 21.8. The van der Waals surface area contributed by atoms with Gasteiger partial charge in [0.05, 0.1) is 5.69 Å². The zero-order valence-electron chi connectivity index (χ0n) is 34.7. The van der Waals surface area contributed by atoms with Gasteiger partial charge in [0.15, 0.2) is 0 Å². The number of hydrogen-bond donors (Lipinski definition) is 0. The van der Waals surface area contributed by atoms with E-state index in [2.05, 4.69) is 231 Å². The minimum Gasteiger partial charge on any atom is -0.310 e. The van der Waals surface area contributed by atoms with Crippen molar-refractivity contribution < 1.29 is 0 Å². The van der Waals surface area contributed by atoms with Crippen molar-refractivity contribution in [3.63, 3.8) is 0 Å². The van der Waals surface area contributed by atoms with E-state index >= 15 is 0 Å². The van der Waals surface area contributed by atoms with Crippen LogP contribution < -0.4 is 4.90 Å². The van der Waals surface area contributed by atoms with E-state index in [9.17, 15) is 0 Å². The van der Waals surface area contributed by atoms with E-state index in [1.165, 1.54) is 115 Å². The summed E-state index contributed by atoms with van der Waals surface area (Å²) in [5.74, 6) is 0. The minimum absolute atomic E-state index is 0.138. The Balaban J connectivity index is 1.08. The molecule has 0 saturated carbocycles. The zero-order chi connectivity index (χ0) is 41.1. The van der Waals surface area contributed by atoms with Gasteiger partial charge in [-0.15, -0.1) is 0 Å². The third-order valence-corrected chi connectivity index (χ3v) is 14.0. The van der Waals surface area contributed by atoms with Gasteiger partial charge < -0.3 is 4.90 Å². The summed E-state index contributed by atoms with van der Waals surface area (Å²) < 4.78 is 0. The van der Waals surface area contributed by atoms with Gasteiger partial charge in [-0.3, -0.25) is 0 Å². The van der Waals surface area contributed by atoms with Crippen LogP contribution in [0.15, 0.2) is 212 Å². The highest BCUT2D eigenvalue weighted by atomic mass is 15.1. The fourth-order valence-electron chi connectivity index (χ4n) is 11.0. The molecule has 62 heavy (non-hydrogen) atoms. The lowest BCUT2D eigenvalue weighted by Crippen LogP contribution is -2.16. The molecular weight excluding hydrogens is 747 g/mol. The van der Waals surface area contributed by atoms with Crippen LogP contribution in [0.2, 0.25) is 0 Å². The summed E-state index contributed by atoms with van der Waals surface area (Å²) in [5, 5.41) is 15.4. The Morgan fingerprint density at radius 2 is 0.774 bits per heavy atom. The highest BCUT2D eigenvalue weighted by Crippen LogP contribution is 2.52. The largest absolute Gasteiger partial charge is 0.310 e. The van der Waals surface area contributed by atoms with E-state index in [0.717, 1.165) is 11.4 Å². The van der Waals surface area contributed by atoms with Gasteiger partial charge in [0, 0.05) is 27.6 Å². The first kappa shape index (κ1) is 35.1. The summed E-state index contributed by atoms with van der Waals surface area (Å²) in [6.45, 7) is 4.75. The molecule has 1 heteroatoms. The molecule has 0 fully saturated rings. The maximum absolute atomic E-state index is 2.51. The smallest absolute Gasteiger partial charge is 0.0546 e. The molecule has 1 nitrogen and oxygen atoms in total. The molecule has 1 aliphatic carbocycles. The molecule has 0 amide bonds. The lowest BCUT2D eigenvalue weighted by molar-refractivity contribution is 0.660. The van der Waals surface area contributed by atoms with Gasteiger partial charge in [-0.05, 0) is 129 Å². The third kappa shape index (κ3) is 5.03. The van der Waals surface area contributed by atoms with Crippen molar-refractivity contribution in [2.45, 2.75) is 19.3 Å². The first-order valence-corrected chi connectivity index (χ1v) is 21.8. The molecule has 1 aliphatic rings. The fraction of sp³-hybridized carbons (Fsp3) is 0.0492. The molecule has 0 aliphatic heterocycles. The number of fused-ring (bicyclic) bond motifs is 5. The Hall–Kier alpha value is -7.74. The molecule has 12 aromatic rings. The van der Waals surface area contributed by atoms with Crippen LogP contribution in [0.3, 0.4) is 0 Å². The van der Waals surface area contributed by atoms with Gasteiger partial charge in [0.25, 0.3) is 0 Å². The fourth-order valence-corrected chi connectivity index (χ4v) is 11.0. The zero-order valence-corrected chi connectivity index (χ0v) is 34.7. The topological polar surface area (TPSA) is 3.24 Å². The van der Waals surface area contributed by atoms with Crippen molar-refractivity contribution in [3.8, 4) is 33.4 Å². The minimum atomic E-state index is -0.138. The van der Waals surface area contributed by atoms with Crippen molar-refractivity contribution in [1.82, 2.24) is 0 Å². The number of rotatable bonds is 5. The molecule has 0 bridgehead atoms. The number of anilines is 3. The molecule has 0 aromatic heterocycles. The Bertz CT molecular complexity index is 3740. The second-order valence-corrected chi connectivity index (χ2v) is 17.6. The van der Waals surface area contributed by atoms with Crippen LogP contribution in [0.4, 0.5) is 17.1 Å². The summed E-state index contributed by atoms with van der Waals surface area (Å²) >= 11 is 0. The highest BCUT2D eigenvalue weighted by Gasteiger charge is 2.36. The van der Waals surface area contributed by atoms with Gasteiger partial charge in [0.1, 0.15) is 0 Å². The average Bonchev–Trinajstić information content (AvgIpc) is 3.56. The second kappa shape index (κ2) is 13.1. The maximum Gasteiger partial charge on any atom is 0.0546 e. The predicted molar refractivity (Wildman–Crippen MR) is 266 cm³/mol. The lowest BCUT2D eigenvalue weighted by atomic mass is 9.82. The van der Waals surface area contributed by atoms with E-state index in [4.69, 9.17) is 0 Å². The van der Waals surface area contributed by atoms with E-state index in [1.54, 1.807) is 0 Å². The molecule has 290 valence electrons. The van der Waals surface area contributed by atoms with Crippen molar-refractivity contribution in [1.29, 1.82) is 0 Å². The van der Waals surface area contributed by atoms with Crippen molar-refractivity contribution in [3.05, 3.63) is 223 Å². The number of benzene rings is 11. The van der Waals surface area contributed by atoms with Crippen molar-refractivity contribution in [2.75, 3.05) is 4.90 Å². The molecular formula is C61H41N. The summed E-state index contributed by atoms with van der Waals surface area (Å²) in [6, 6.07) is 79.4. The molecule has 0 spiro atoms. The second-order valence-electron chi connectivity index (χ2n) is 17.6. The third-order valence-electron chi connectivity index (χ3n) is 14.0. The Morgan fingerprint density at radius 1 is 0.306 bits per heavy atom. The van der Waals surface area contributed by atoms with E-state index in [1.807, 2.05) is 0 Å². The van der Waals surface area contributed by atoms with Crippen LogP contribution >= 0.6 is 0 Å². The number of hydrogen-bond acceptors (Lipinski definition) is 1. The molecule has 12 aromatic carbocycles. The quantitative estimate of drug-likeness (QED) is 0.157. The van der Waals surface area contributed by atoms with E-state index < -0.39 is 0 Å². The van der Waals surface area contributed by atoms with Gasteiger partial charge in [-0.2, -0.15) is 0 Å². The molecule has 0 radical (unpaired) electrons. The molecule has 0 saturated heterocycles. The van der Waals surface area contributed by atoms with Gasteiger partial charge in [0.2, 0.25) is 0 Å².